The monoisotopic (exact) mass is 418 g/mol. The largest absolute Gasteiger partial charge is 0.399 e. The fourth-order valence-corrected chi connectivity index (χ4v) is 4.98. The molecule has 0 saturated carbocycles. The van der Waals surface area contributed by atoms with Crippen LogP contribution in [0, 0.1) is 5.92 Å². The summed E-state index contributed by atoms with van der Waals surface area (Å²) in [5.74, 6) is 0.429. The predicted octanol–water partition coefficient (Wildman–Crippen LogP) is 5.90. The third-order valence-corrected chi connectivity index (χ3v) is 6.64. The molecule has 1 fully saturated rings. The molecule has 3 unspecified atom stereocenters. The molecular weight excluding hydrogens is 388 g/mol. The van der Waals surface area contributed by atoms with E-state index in [4.69, 9.17) is 23.1 Å². The smallest absolute Gasteiger partial charge is 0.0861 e. The van der Waals surface area contributed by atoms with Crippen molar-refractivity contribution < 1.29 is 4.74 Å². The molecule has 0 amide bonds. The molecule has 0 bridgehead atoms. The van der Waals surface area contributed by atoms with E-state index in [2.05, 4.69) is 59.5 Å². The van der Waals surface area contributed by atoms with E-state index in [9.17, 15) is 0 Å². The number of ether oxygens (including phenoxy) is 1. The minimum absolute atomic E-state index is 0.0499. The van der Waals surface area contributed by atoms with Gasteiger partial charge in [0.05, 0.1) is 6.10 Å². The number of hydrogen-bond donors (Lipinski definition) is 2. The lowest BCUT2D eigenvalue weighted by molar-refractivity contribution is -0.00324. The molecule has 0 aromatic heterocycles. The summed E-state index contributed by atoms with van der Waals surface area (Å²) in [6, 6.07) is 27.7. The average molecular weight is 419 g/mol. The van der Waals surface area contributed by atoms with Crippen molar-refractivity contribution in [1.29, 1.82) is 0 Å². The number of rotatable bonds is 6. The van der Waals surface area contributed by atoms with Crippen LogP contribution < -0.4 is 5.73 Å². The first-order valence-corrected chi connectivity index (χ1v) is 11.0. The summed E-state index contributed by atoms with van der Waals surface area (Å²) in [5.41, 5.74) is 10.6. The van der Waals surface area contributed by atoms with Crippen molar-refractivity contribution >= 4 is 18.3 Å². The van der Waals surface area contributed by atoms with E-state index in [-0.39, 0.29) is 6.10 Å². The lowest BCUT2D eigenvalue weighted by Gasteiger charge is -2.42. The van der Waals surface area contributed by atoms with E-state index >= 15 is 0 Å². The first kappa shape index (κ1) is 21.0. The fraction of sp³-hybridized carbons (Fsp3) is 0.308. The summed E-state index contributed by atoms with van der Waals surface area (Å²) in [7, 11) is 1.82. The summed E-state index contributed by atoms with van der Waals surface area (Å²) in [6.07, 6.45) is 2.19. The lowest BCUT2D eigenvalue weighted by atomic mass is 9.81. The Morgan fingerprint density at radius 1 is 1.00 bits per heavy atom. The van der Waals surface area contributed by atoms with Crippen molar-refractivity contribution in [1.82, 2.24) is 4.90 Å². The van der Waals surface area contributed by atoms with Gasteiger partial charge in [-0.15, -0.1) is 12.6 Å². The van der Waals surface area contributed by atoms with E-state index in [1.54, 1.807) is 0 Å². The number of hydrogen-bond acceptors (Lipinski definition) is 4. The maximum Gasteiger partial charge on any atom is 0.0861 e. The molecule has 0 radical (unpaired) electrons. The average Bonchev–Trinajstić information content (AvgIpc) is 2.78. The zero-order chi connectivity index (χ0) is 20.9. The van der Waals surface area contributed by atoms with Gasteiger partial charge in [0.15, 0.2) is 0 Å². The second-order valence-corrected chi connectivity index (χ2v) is 8.62. The number of thiol groups is 1. The molecular formula is C26H30N2OS. The van der Waals surface area contributed by atoms with Crippen LogP contribution in [0.3, 0.4) is 0 Å². The number of nitrogen functional groups attached to an aromatic ring is 1. The van der Waals surface area contributed by atoms with Crippen LogP contribution in [0.4, 0.5) is 5.69 Å². The summed E-state index contributed by atoms with van der Waals surface area (Å²) >= 11 is 4.69. The molecule has 4 heteroatoms. The molecule has 3 aromatic carbocycles. The van der Waals surface area contributed by atoms with Crippen LogP contribution in [0.25, 0.3) is 0 Å². The molecule has 30 heavy (non-hydrogen) atoms. The molecule has 2 N–H and O–H groups in total. The molecule has 1 heterocycles. The number of likely N-dealkylation sites (tertiary alicyclic amines) is 1. The number of benzene rings is 3. The van der Waals surface area contributed by atoms with Gasteiger partial charge in [-0.2, -0.15) is 0 Å². The van der Waals surface area contributed by atoms with Crippen molar-refractivity contribution in [3.8, 4) is 0 Å². The first-order chi connectivity index (χ1) is 14.7. The first-order valence-electron chi connectivity index (χ1n) is 10.6. The van der Waals surface area contributed by atoms with Crippen molar-refractivity contribution in [2.75, 3.05) is 19.4 Å². The normalized spacial score (nSPS) is 20.7. The predicted molar refractivity (Wildman–Crippen MR) is 127 cm³/mol. The van der Waals surface area contributed by atoms with Crippen LogP contribution in [0.5, 0.6) is 0 Å². The maximum atomic E-state index is 6.03. The van der Waals surface area contributed by atoms with E-state index in [0.717, 1.165) is 36.5 Å². The highest BCUT2D eigenvalue weighted by atomic mass is 32.1. The second-order valence-electron chi connectivity index (χ2n) is 8.14. The van der Waals surface area contributed by atoms with Gasteiger partial charge in [-0.05, 0) is 60.2 Å². The number of nitrogens with zero attached hydrogens (tertiary/aromatic N) is 1. The standard InChI is InChI=1S/C26H30N2OS/c1-29-26(23-9-5-6-10-25(23)30)21-15-16-28(18-19-7-3-2-4-8-19)24(17-21)20-11-13-22(27)14-12-20/h2-14,21,24,26,30H,15-18,27H2,1H3. The van der Waals surface area contributed by atoms with Gasteiger partial charge in [0, 0.05) is 30.3 Å². The zero-order valence-corrected chi connectivity index (χ0v) is 18.3. The number of piperidine rings is 1. The maximum absolute atomic E-state index is 6.03. The number of anilines is 1. The van der Waals surface area contributed by atoms with Crippen LogP contribution in [0.2, 0.25) is 0 Å². The minimum atomic E-state index is 0.0499. The Morgan fingerprint density at radius 2 is 1.70 bits per heavy atom. The second kappa shape index (κ2) is 9.69. The summed E-state index contributed by atoms with van der Waals surface area (Å²) in [4.78, 5) is 3.59. The quantitative estimate of drug-likeness (QED) is 0.387. The molecule has 0 spiro atoms. The summed E-state index contributed by atoms with van der Waals surface area (Å²) in [5, 5.41) is 0. The SMILES string of the molecule is COC(c1ccccc1S)C1CCN(Cc2ccccc2)C(c2ccc(N)cc2)C1. The van der Waals surface area contributed by atoms with Crippen molar-refractivity contribution in [2.24, 2.45) is 5.92 Å². The fourth-order valence-electron chi connectivity index (χ4n) is 4.69. The Kier molecular flexibility index (Phi) is 6.78. The Labute approximate surface area is 185 Å². The van der Waals surface area contributed by atoms with Gasteiger partial charge in [-0.25, -0.2) is 0 Å². The van der Waals surface area contributed by atoms with Crippen molar-refractivity contribution in [3.05, 3.63) is 95.6 Å². The Hall–Kier alpha value is -2.27. The molecule has 4 rings (SSSR count). The Balaban J connectivity index is 1.61. The van der Waals surface area contributed by atoms with Gasteiger partial charge in [-0.1, -0.05) is 60.7 Å². The Bertz CT molecular complexity index is 945. The van der Waals surface area contributed by atoms with Gasteiger partial charge in [0.25, 0.3) is 0 Å². The highest BCUT2D eigenvalue weighted by Crippen LogP contribution is 2.43. The molecule has 1 aliphatic rings. The topological polar surface area (TPSA) is 38.5 Å². The summed E-state index contributed by atoms with van der Waals surface area (Å²) in [6.45, 7) is 1.98. The molecule has 1 aliphatic heterocycles. The zero-order valence-electron chi connectivity index (χ0n) is 17.4. The highest BCUT2D eigenvalue weighted by molar-refractivity contribution is 7.80. The van der Waals surface area contributed by atoms with Crippen LogP contribution >= 0.6 is 12.6 Å². The molecule has 0 aliphatic carbocycles. The minimum Gasteiger partial charge on any atom is -0.399 e. The van der Waals surface area contributed by atoms with E-state index in [0.29, 0.717) is 12.0 Å². The van der Waals surface area contributed by atoms with Crippen LogP contribution in [-0.4, -0.2) is 18.6 Å². The number of methoxy groups -OCH3 is 1. The third-order valence-electron chi connectivity index (χ3n) is 6.23. The lowest BCUT2D eigenvalue weighted by Crippen LogP contribution is -2.38. The number of nitrogens with two attached hydrogens (primary N) is 1. The Morgan fingerprint density at radius 3 is 2.40 bits per heavy atom. The van der Waals surface area contributed by atoms with Gasteiger partial charge in [0.1, 0.15) is 0 Å². The van der Waals surface area contributed by atoms with E-state index < -0.39 is 0 Å². The molecule has 3 atom stereocenters. The molecule has 1 saturated heterocycles. The highest BCUT2D eigenvalue weighted by Gasteiger charge is 2.35. The van der Waals surface area contributed by atoms with Crippen LogP contribution in [-0.2, 0) is 11.3 Å². The van der Waals surface area contributed by atoms with Gasteiger partial charge in [0.2, 0.25) is 0 Å². The van der Waals surface area contributed by atoms with Crippen molar-refractivity contribution in [2.45, 2.75) is 36.4 Å². The third kappa shape index (κ3) is 4.72. The molecule has 156 valence electrons. The molecule has 3 aromatic rings. The van der Waals surface area contributed by atoms with Gasteiger partial charge >= 0.3 is 0 Å². The van der Waals surface area contributed by atoms with Crippen LogP contribution in [0.1, 0.15) is 41.7 Å². The van der Waals surface area contributed by atoms with E-state index in [1.165, 1.54) is 16.7 Å². The van der Waals surface area contributed by atoms with Crippen LogP contribution in [0.15, 0.2) is 83.8 Å². The van der Waals surface area contributed by atoms with E-state index in [1.807, 2.05) is 31.4 Å². The van der Waals surface area contributed by atoms with Gasteiger partial charge < -0.3 is 10.5 Å². The van der Waals surface area contributed by atoms with Gasteiger partial charge in [-0.3, -0.25) is 4.90 Å². The van der Waals surface area contributed by atoms with Crippen molar-refractivity contribution in [3.63, 3.8) is 0 Å². The summed E-state index contributed by atoms with van der Waals surface area (Å²) < 4.78 is 6.03. The molecule has 3 nitrogen and oxygen atoms in total.